The van der Waals surface area contributed by atoms with Gasteiger partial charge in [-0.05, 0) is 29.3 Å². The maximum absolute atomic E-state index is 12.3. The maximum Gasteiger partial charge on any atom is 0.329 e. The topological polar surface area (TPSA) is 49.4 Å². The summed E-state index contributed by atoms with van der Waals surface area (Å²) in [6, 6.07) is 16.0. The number of rotatable bonds is 3. The van der Waals surface area contributed by atoms with Crippen LogP contribution in [0.25, 0.3) is 6.08 Å². The molecule has 0 aromatic heterocycles. The second-order valence-electron chi connectivity index (χ2n) is 4.92. The lowest BCUT2D eigenvalue weighted by Crippen LogP contribution is -2.30. The smallest absolute Gasteiger partial charge is 0.303 e. The van der Waals surface area contributed by atoms with Gasteiger partial charge in [0.1, 0.15) is 5.70 Å². The molecule has 1 fully saturated rings. The van der Waals surface area contributed by atoms with Crippen molar-refractivity contribution in [2.24, 2.45) is 0 Å². The Morgan fingerprint density at radius 2 is 1.68 bits per heavy atom. The van der Waals surface area contributed by atoms with Crippen LogP contribution in [0, 0.1) is 0 Å². The van der Waals surface area contributed by atoms with E-state index in [1.165, 1.54) is 4.90 Å². The third-order valence-electron chi connectivity index (χ3n) is 3.33. The van der Waals surface area contributed by atoms with Crippen molar-refractivity contribution in [2.45, 2.75) is 6.54 Å². The Bertz CT molecular complexity index is 739. The van der Waals surface area contributed by atoms with Gasteiger partial charge in [-0.2, -0.15) is 0 Å². The van der Waals surface area contributed by atoms with E-state index in [1.807, 2.05) is 30.3 Å². The predicted molar refractivity (Wildman–Crippen MR) is 85.0 cm³/mol. The minimum Gasteiger partial charge on any atom is -0.303 e. The average Bonchev–Trinajstić information content (AvgIpc) is 2.78. The summed E-state index contributed by atoms with van der Waals surface area (Å²) in [5, 5.41) is 3.22. The molecule has 1 aliphatic rings. The van der Waals surface area contributed by atoms with Gasteiger partial charge in [-0.25, -0.2) is 4.79 Å². The molecule has 0 atom stereocenters. The number of nitrogens with zero attached hydrogens (tertiary/aromatic N) is 1. The van der Waals surface area contributed by atoms with Gasteiger partial charge in [0, 0.05) is 5.02 Å². The van der Waals surface area contributed by atoms with Gasteiger partial charge in [-0.15, -0.1) is 0 Å². The molecule has 4 nitrogen and oxygen atoms in total. The molecule has 1 aliphatic heterocycles. The molecule has 0 saturated carbocycles. The molecule has 3 rings (SSSR count). The molecule has 3 amide bonds. The van der Waals surface area contributed by atoms with Gasteiger partial charge in [0.25, 0.3) is 5.91 Å². The van der Waals surface area contributed by atoms with E-state index in [2.05, 4.69) is 5.32 Å². The summed E-state index contributed by atoms with van der Waals surface area (Å²) in [6.07, 6.45) is 1.67. The van der Waals surface area contributed by atoms with Crippen LogP contribution in [0.4, 0.5) is 4.79 Å². The minimum absolute atomic E-state index is 0.216. The van der Waals surface area contributed by atoms with E-state index >= 15 is 0 Å². The van der Waals surface area contributed by atoms with E-state index < -0.39 is 6.03 Å². The first-order valence-electron chi connectivity index (χ1n) is 6.77. The van der Waals surface area contributed by atoms with Crippen LogP contribution in [-0.4, -0.2) is 16.8 Å². The van der Waals surface area contributed by atoms with Crippen LogP contribution in [0.3, 0.4) is 0 Å². The highest BCUT2D eigenvalue weighted by molar-refractivity contribution is 6.30. The zero-order chi connectivity index (χ0) is 15.5. The standard InChI is InChI=1S/C17H13ClN2O2/c18-14-8-6-13(7-9-14)11-20-16(21)15(19-17(20)22)10-12-4-2-1-3-5-12/h1-10H,11H2,(H,19,22). The molecule has 2 aromatic carbocycles. The third-order valence-corrected chi connectivity index (χ3v) is 3.58. The van der Waals surface area contributed by atoms with Gasteiger partial charge >= 0.3 is 6.03 Å². The van der Waals surface area contributed by atoms with Crippen molar-refractivity contribution in [3.63, 3.8) is 0 Å². The largest absolute Gasteiger partial charge is 0.329 e. The number of halogens is 1. The Morgan fingerprint density at radius 3 is 2.36 bits per heavy atom. The van der Waals surface area contributed by atoms with Crippen LogP contribution in [-0.2, 0) is 11.3 Å². The molecule has 1 saturated heterocycles. The average molecular weight is 313 g/mol. The first-order chi connectivity index (χ1) is 10.6. The quantitative estimate of drug-likeness (QED) is 0.697. The fourth-order valence-electron chi connectivity index (χ4n) is 2.20. The Balaban J connectivity index is 1.80. The van der Waals surface area contributed by atoms with Crippen molar-refractivity contribution in [1.29, 1.82) is 0 Å². The van der Waals surface area contributed by atoms with E-state index in [9.17, 15) is 9.59 Å². The lowest BCUT2D eigenvalue weighted by Gasteiger charge is -2.11. The molecule has 2 aromatic rings. The molecule has 5 heteroatoms. The van der Waals surface area contributed by atoms with Crippen molar-refractivity contribution in [3.8, 4) is 0 Å². The summed E-state index contributed by atoms with van der Waals surface area (Å²) in [6.45, 7) is 0.216. The van der Waals surface area contributed by atoms with Crippen molar-refractivity contribution >= 4 is 29.6 Å². The molecule has 1 N–H and O–H groups in total. The highest BCUT2D eigenvalue weighted by Gasteiger charge is 2.33. The number of benzene rings is 2. The van der Waals surface area contributed by atoms with Gasteiger partial charge in [-0.3, -0.25) is 9.69 Å². The van der Waals surface area contributed by atoms with Gasteiger partial charge < -0.3 is 5.32 Å². The van der Waals surface area contributed by atoms with Crippen molar-refractivity contribution < 1.29 is 9.59 Å². The van der Waals surface area contributed by atoms with Crippen LogP contribution in [0.15, 0.2) is 60.3 Å². The van der Waals surface area contributed by atoms with E-state index in [0.717, 1.165) is 11.1 Å². The molecule has 0 radical (unpaired) electrons. The van der Waals surface area contributed by atoms with Crippen LogP contribution >= 0.6 is 11.6 Å². The second-order valence-corrected chi connectivity index (χ2v) is 5.35. The summed E-state index contributed by atoms with van der Waals surface area (Å²) >= 11 is 5.83. The van der Waals surface area contributed by atoms with Crippen LogP contribution in [0.1, 0.15) is 11.1 Å². The minimum atomic E-state index is -0.415. The van der Waals surface area contributed by atoms with E-state index in [0.29, 0.717) is 5.02 Å². The molecule has 22 heavy (non-hydrogen) atoms. The fraction of sp³-hybridized carbons (Fsp3) is 0.0588. The third kappa shape index (κ3) is 3.02. The summed E-state index contributed by atoms with van der Waals surface area (Å²) < 4.78 is 0. The maximum atomic E-state index is 12.3. The SMILES string of the molecule is O=C1NC(=Cc2ccccc2)C(=O)N1Cc1ccc(Cl)cc1. The monoisotopic (exact) mass is 312 g/mol. The fourth-order valence-corrected chi connectivity index (χ4v) is 2.33. The van der Waals surface area contributed by atoms with E-state index in [1.54, 1.807) is 30.3 Å². The molecule has 110 valence electrons. The summed E-state index contributed by atoms with van der Waals surface area (Å²) in [5.41, 5.74) is 1.98. The number of hydrogen-bond donors (Lipinski definition) is 1. The highest BCUT2D eigenvalue weighted by atomic mass is 35.5. The molecule has 1 heterocycles. The van der Waals surface area contributed by atoms with Gasteiger partial charge in [-0.1, -0.05) is 54.1 Å². The molecule has 0 bridgehead atoms. The van der Waals surface area contributed by atoms with E-state index in [4.69, 9.17) is 11.6 Å². The molecule has 0 unspecified atom stereocenters. The molecular weight excluding hydrogens is 300 g/mol. The Labute approximate surface area is 133 Å². The normalized spacial score (nSPS) is 16.2. The second kappa shape index (κ2) is 6.03. The van der Waals surface area contributed by atoms with Gasteiger partial charge in [0.2, 0.25) is 0 Å². The number of urea groups is 1. The lowest BCUT2D eigenvalue weighted by molar-refractivity contribution is -0.123. The van der Waals surface area contributed by atoms with Crippen LogP contribution < -0.4 is 5.32 Å². The zero-order valence-corrected chi connectivity index (χ0v) is 12.4. The summed E-state index contributed by atoms with van der Waals surface area (Å²) in [4.78, 5) is 25.5. The first-order valence-corrected chi connectivity index (χ1v) is 7.15. The summed E-state index contributed by atoms with van der Waals surface area (Å²) in [7, 11) is 0. The molecule has 0 aliphatic carbocycles. The van der Waals surface area contributed by atoms with Gasteiger partial charge in [0.05, 0.1) is 6.54 Å². The van der Waals surface area contributed by atoms with Crippen molar-refractivity contribution in [3.05, 3.63) is 76.4 Å². The van der Waals surface area contributed by atoms with Gasteiger partial charge in [0.15, 0.2) is 0 Å². The van der Waals surface area contributed by atoms with Crippen molar-refractivity contribution in [2.75, 3.05) is 0 Å². The number of carbonyl (C=O) groups excluding carboxylic acids is 2. The highest BCUT2D eigenvalue weighted by Crippen LogP contribution is 2.18. The lowest BCUT2D eigenvalue weighted by atomic mass is 10.2. The predicted octanol–water partition coefficient (Wildman–Crippen LogP) is 3.43. The molecular formula is C17H13ClN2O2. The van der Waals surface area contributed by atoms with Crippen LogP contribution in [0.5, 0.6) is 0 Å². The summed E-state index contributed by atoms with van der Waals surface area (Å²) in [5.74, 6) is -0.330. The first kappa shape index (κ1) is 14.4. The number of carbonyl (C=O) groups is 2. The number of hydrogen-bond acceptors (Lipinski definition) is 2. The number of amides is 3. The number of nitrogens with one attached hydrogen (secondary N) is 1. The number of imide groups is 1. The zero-order valence-electron chi connectivity index (χ0n) is 11.6. The molecule has 0 spiro atoms. The Morgan fingerprint density at radius 1 is 1.00 bits per heavy atom. The van der Waals surface area contributed by atoms with Crippen molar-refractivity contribution in [1.82, 2.24) is 10.2 Å². The van der Waals surface area contributed by atoms with E-state index in [-0.39, 0.29) is 18.1 Å². The Kier molecular flexibility index (Phi) is 3.94. The van der Waals surface area contributed by atoms with Crippen LogP contribution in [0.2, 0.25) is 5.02 Å². The Hall–Kier alpha value is -2.59.